The van der Waals surface area contributed by atoms with Crippen molar-refractivity contribution in [3.63, 3.8) is 0 Å². The van der Waals surface area contributed by atoms with Gasteiger partial charge < -0.3 is 18.2 Å². The van der Waals surface area contributed by atoms with Crippen LogP contribution in [0.1, 0.15) is 25.0 Å². The molecule has 0 amide bonds. The minimum atomic E-state index is -0.179. The van der Waals surface area contributed by atoms with Crippen molar-refractivity contribution in [2.75, 3.05) is 4.90 Å². The molecule has 0 atom stereocenters. The standard InChI is InChI=1S/C45H29NO3/c1-45(2)34-17-7-3-12-27(34)28-23-22-26(24-35(28)45)46(36-18-11-16-31-29-13-4-8-19-37(29)48-43(31)36)42-41-32-15-6-10-21-39(32)47-40(41)25-33-30-14-5-9-20-38(30)49-44(33)42/h3-25H,1-2H3. The molecule has 0 N–H and O–H groups in total. The van der Waals surface area contributed by atoms with Gasteiger partial charge in [0, 0.05) is 38.0 Å². The number of para-hydroxylation sites is 4. The predicted octanol–water partition coefficient (Wildman–Crippen LogP) is 13.2. The van der Waals surface area contributed by atoms with Crippen LogP contribution in [0.25, 0.3) is 76.9 Å². The molecule has 0 bridgehead atoms. The Morgan fingerprint density at radius 2 is 1.06 bits per heavy atom. The molecule has 11 rings (SSSR count). The normalized spacial score (nSPS) is 13.7. The molecule has 0 saturated carbocycles. The molecule has 7 aromatic carbocycles. The van der Waals surface area contributed by atoms with Gasteiger partial charge in [0.15, 0.2) is 11.2 Å². The highest BCUT2D eigenvalue weighted by atomic mass is 16.3. The summed E-state index contributed by atoms with van der Waals surface area (Å²) >= 11 is 0. The fourth-order valence-corrected chi connectivity index (χ4v) is 8.38. The van der Waals surface area contributed by atoms with Crippen molar-refractivity contribution in [3.05, 3.63) is 151 Å². The maximum atomic E-state index is 6.88. The summed E-state index contributed by atoms with van der Waals surface area (Å²) in [6, 6.07) is 49.1. The number of hydrogen-bond acceptors (Lipinski definition) is 4. The SMILES string of the molecule is CC1(C)c2ccccc2-c2ccc(N(c3cccc4c3oc3ccccc34)c3c4oc5ccccc5c4cc4oc5ccccc5c34)cc21. The molecule has 3 heterocycles. The third-order valence-electron chi connectivity index (χ3n) is 10.7. The Balaban J connectivity index is 1.32. The summed E-state index contributed by atoms with van der Waals surface area (Å²) in [6.07, 6.45) is 0. The van der Waals surface area contributed by atoms with E-state index in [2.05, 4.69) is 122 Å². The van der Waals surface area contributed by atoms with E-state index in [-0.39, 0.29) is 5.41 Å². The molecule has 0 aliphatic heterocycles. The molecule has 0 radical (unpaired) electrons. The first kappa shape index (κ1) is 26.8. The molecular weight excluding hydrogens is 602 g/mol. The highest BCUT2D eigenvalue weighted by Crippen LogP contribution is 2.54. The molecule has 0 spiro atoms. The average Bonchev–Trinajstić information content (AvgIpc) is 3.87. The minimum absolute atomic E-state index is 0.179. The largest absolute Gasteiger partial charge is 0.456 e. The van der Waals surface area contributed by atoms with E-state index in [1.165, 1.54) is 22.3 Å². The second-order valence-electron chi connectivity index (χ2n) is 13.7. The van der Waals surface area contributed by atoms with Crippen molar-refractivity contribution in [1.29, 1.82) is 0 Å². The minimum Gasteiger partial charge on any atom is -0.456 e. The highest BCUT2D eigenvalue weighted by Gasteiger charge is 2.36. The van der Waals surface area contributed by atoms with Crippen molar-refractivity contribution in [1.82, 2.24) is 0 Å². The Hall–Kier alpha value is -6.26. The van der Waals surface area contributed by atoms with E-state index in [9.17, 15) is 0 Å². The number of benzene rings is 7. The van der Waals surface area contributed by atoms with Gasteiger partial charge in [-0.3, -0.25) is 0 Å². The van der Waals surface area contributed by atoms with Gasteiger partial charge in [-0.1, -0.05) is 111 Å². The predicted molar refractivity (Wildman–Crippen MR) is 201 cm³/mol. The zero-order valence-corrected chi connectivity index (χ0v) is 27.0. The fourth-order valence-electron chi connectivity index (χ4n) is 8.38. The highest BCUT2D eigenvalue weighted by molar-refractivity contribution is 6.25. The number of nitrogens with zero attached hydrogens (tertiary/aromatic N) is 1. The summed E-state index contributed by atoms with van der Waals surface area (Å²) in [5, 5.41) is 6.24. The van der Waals surface area contributed by atoms with E-state index >= 15 is 0 Å². The smallest absolute Gasteiger partial charge is 0.160 e. The quantitative estimate of drug-likeness (QED) is 0.195. The molecule has 1 aliphatic rings. The molecule has 3 aromatic heterocycles. The molecule has 4 heteroatoms. The molecular formula is C45H29NO3. The number of fused-ring (bicyclic) bond motifs is 12. The first-order valence-electron chi connectivity index (χ1n) is 16.8. The lowest BCUT2D eigenvalue weighted by atomic mass is 9.82. The summed E-state index contributed by atoms with van der Waals surface area (Å²) in [5.74, 6) is 0. The Kier molecular flexibility index (Phi) is 5.15. The van der Waals surface area contributed by atoms with Crippen molar-refractivity contribution >= 4 is 82.9 Å². The summed E-state index contributed by atoms with van der Waals surface area (Å²) < 4.78 is 20.3. The van der Waals surface area contributed by atoms with E-state index in [4.69, 9.17) is 13.3 Å². The number of furan rings is 3. The Bertz CT molecular complexity index is 2980. The van der Waals surface area contributed by atoms with Gasteiger partial charge in [-0.2, -0.15) is 0 Å². The first-order valence-corrected chi connectivity index (χ1v) is 16.8. The maximum absolute atomic E-state index is 6.88. The molecule has 0 saturated heterocycles. The van der Waals surface area contributed by atoms with Gasteiger partial charge in [0.1, 0.15) is 28.0 Å². The van der Waals surface area contributed by atoms with Crippen LogP contribution in [0.4, 0.5) is 17.1 Å². The maximum Gasteiger partial charge on any atom is 0.160 e. The van der Waals surface area contributed by atoms with Crippen LogP contribution >= 0.6 is 0 Å². The number of hydrogen-bond donors (Lipinski definition) is 0. The van der Waals surface area contributed by atoms with Crippen LogP contribution < -0.4 is 4.90 Å². The van der Waals surface area contributed by atoms with Gasteiger partial charge in [-0.25, -0.2) is 0 Å². The fraction of sp³-hybridized carbons (Fsp3) is 0.0667. The molecule has 10 aromatic rings. The Morgan fingerprint density at radius 3 is 1.86 bits per heavy atom. The lowest BCUT2D eigenvalue weighted by Crippen LogP contribution is -2.16. The lowest BCUT2D eigenvalue weighted by Gasteiger charge is -2.28. The van der Waals surface area contributed by atoms with Gasteiger partial charge in [0.05, 0.1) is 11.1 Å². The third-order valence-corrected chi connectivity index (χ3v) is 10.7. The van der Waals surface area contributed by atoms with E-state index in [0.717, 1.165) is 82.9 Å². The van der Waals surface area contributed by atoms with Gasteiger partial charge in [-0.15, -0.1) is 0 Å². The van der Waals surface area contributed by atoms with E-state index < -0.39 is 0 Å². The molecule has 0 fully saturated rings. The van der Waals surface area contributed by atoms with Crippen molar-refractivity contribution < 1.29 is 13.3 Å². The second kappa shape index (κ2) is 9.42. The molecule has 0 unspecified atom stereocenters. The van der Waals surface area contributed by atoms with Crippen LogP contribution in [0.2, 0.25) is 0 Å². The van der Waals surface area contributed by atoms with Crippen molar-refractivity contribution in [2.45, 2.75) is 19.3 Å². The van der Waals surface area contributed by atoms with E-state index in [0.29, 0.717) is 0 Å². The lowest BCUT2D eigenvalue weighted by molar-refractivity contribution is 0.659. The second-order valence-corrected chi connectivity index (χ2v) is 13.7. The Labute approximate surface area is 281 Å². The number of anilines is 3. The van der Waals surface area contributed by atoms with Crippen molar-refractivity contribution in [3.8, 4) is 11.1 Å². The van der Waals surface area contributed by atoms with Crippen LogP contribution in [0.15, 0.2) is 153 Å². The molecule has 1 aliphatic carbocycles. The van der Waals surface area contributed by atoms with Gasteiger partial charge in [0.25, 0.3) is 0 Å². The summed E-state index contributed by atoms with van der Waals surface area (Å²) in [6.45, 7) is 4.65. The van der Waals surface area contributed by atoms with Gasteiger partial charge in [-0.05, 0) is 64.7 Å². The zero-order valence-electron chi connectivity index (χ0n) is 27.0. The van der Waals surface area contributed by atoms with Crippen LogP contribution in [-0.4, -0.2) is 0 Å². The van der Waals surface area contributed by atoms with Crippen LogP contribution in [0.5, 0.6) is 0 Å². The first-order chi connectivity index (χ1) is 24.1. The molecule has 232 valence electrons. The Morgan fingerprint density at radius 1 is 0.449 bits per heavy atom. The van der Waals surface area contributed by atoms with Crippen LogP contribution in [0, 0.1) is 0 Å². The molecule has 49 heavy (non-hydrogen) atoms. The molecule has 4 nitrogen and oxygen atoms in total. The van der Waals surface area contributed by atoms with Gasteiger partial charge >= 0.3 is 0 Å². The number of rotatable bonds is 3. The van der Waals surface area contributed by atoms with E-state index in [1.54, 1.807) is 0 Å². The van der Waals surface area contributed by atoms with Crippen LogP contribution in [-0.2, 0) is 5.41 Å². The average molecular weight is 632 g/mol. The zero-order chi connectivity index (χ0) is 32.4. The van der Waals surface area contributed by atoms with Crippen LogP contribution in [0.3, 0.4) is 0 Å². The summed E-state index contributed by atoms with van der Waals surface area (Å²) in [5.41, 5.74) is 12.9. The summed E-state index contributed by atoms with van der Waals surface area (Å²) in [4.78, 5) is 2.35. The third kappa shape index (κ3) is 3.53. The van der Waals surface area contributed by atoms with Gasteiger partial charge in [0.2, 0.25) is 0 Å². The monoisotopic (exact) mass is 631 g/mol. The van der Waals surface area contributed by atoms with E-state index in [1.807, 2.05) is 36.4 Å². The summed E-state index contributed by atoms with van der Waals surface area (Å²) in [7, 11) is 0. The topological polar surface area (TPSA) is 42.7 Å². The van der Waals surface area contributed by atoms with Crippen molar-refractivity contribution in [2.24, 2.45) is 0 Å².